The standard InChI is InChI=1S/C18H32N4/c1-15(2)22(16(3)4)14-8-12-20-18(19)21-13-11-17-9-6-5-7-10-17/h5-7,9-10,15-16H,8,11-14H2,1-4H3,(H3,19,20,21). The highest BCUT2D eigenvalue weighted by atomic mass is 15.2. The van der Waals surface area contributed by atoms with E-state index in [1.807, 2.05) is 6.07 Å². The van der Waals surface area contributed by atoms with Crippen molar-refractivity contribution < 1.29 is 0 Å². The Morgan fingerprint density at radius 3 is 2.36 bits per heavy atom. The monoisotopic (exact) mass is 304 g/mol. The molecule has 3 N–H and O–H groups in total. The molecule has 0 saturated carbocycles. The first-order chi connectivity index (χ1) is 10.5. The number of nitrogens with two attached hydrogens (primary N) is 1. The van der Waals surface area contributed by atoms with E-state index < -0.39 is 0 Å². The van der Waals surface area contributed by atoms with Gasteiger partial charge in [0.15, 0.2) is 5.96 Å². The molecule has 0 heterocycles. The van der Waals surface area contributed by atoms with Crippen LogP contribution in [0.25, 0.3) is 0 Å². The van der Waals surface area contributed by atoms with Gasteiger partial charge in [-0.25, -0.2) is 0 Å². The van der Waals surface area contributed by atoms with Gasteiger partial charge in [-0.15, -0.1) is 0 Å². The number of rotatable bonds is 9. The Hall–Kier alpha value is -1.55. The van der Waals surface area contributed by atoms with E-state index in [1.54, 1.807) is 0 Å². The lowest BCUT2D eigenvalue weighted by molar-refractivity contribution is 0.174. The molecule has 0 aromatic heterocycles. The van der Waals surface area contributed by atoms with Crippen LogP contribution in [0.2, 0.25) is 0 Å². The molecule has 0 saturated heterocycles. The Kier molecular flexibility index (Phi) is 8.60. The highest BCUT2D eigenvalue weighted by Crippen LogP contribution is 2.05. The molecule has 0 fully saturated rings. The second kappa shape index (κ2) is 10.2. The minimum Gasteiger partial charge on any atom is -0.370 e. The molecule has 4 heteroatoms. The first-order valence-electron chi connectivity index (χ1n) is 8.34. The number of guanidine groups is 1. The van der Waals surface area contributed by atoms with Crippen LogP contribution in [0.1, 0.15) is 39.7 Å². The number of nitrogens with one attached hydrogen (secondary N) is 1. The Morgan fingerprint density at radius 1 is 1.14 bits per heavy atom. The number of nitrogens with zero attached hydrogens (tertiary/aromatic N) is 2. The van der Waals surface area contributed by atoms with Crippen LogP contribution in [0.4, 0.5) is 0 Å². The molecule has 0 atom stereocenters. The average Bonchev–Trinajstić information content (AvgIpc) is 2.47. The van der Waals surface area contributed by atoms with E-state index in [0.717, 1.165) is 32.5 Å². The smallest absolute Gasteiger partial charge is 0.188 e. The summed E-state index contributed by atoms with van der Waals surface area (Å²) in [6.07, 6.45) is 2.00. The Morgan fingerprint density at radius 2 is 1.77 bits per heavy atom. The lowest BCUT2D eigenvalue weighted by Gasteiger charge is -2.30. The highest BCUT2D eigenvalue weighted by Gasteiger charge is 2.11. The van der Waals surface area contributed by atoms with Crippen LogP contribution in [-0.2, 0) is 6.42 Å². The predicted octanol–water partition coefficient (Wildman–Crippen LogP) is 2.64. The van der Waals surface area contributed by atoms with Crippen LogP contribution in [0.5, 0.6) is 0 Å². The Balaban J connectivity index is 2.20. The van der Waals surface area contributed by atoms with Gasteiger partial charge in [0.05, 0.1) is 0 Å². The van der Waals surface area contributed by atoms with Crippen LogP contribution >= 0.6 is 0 Å². The van der Waals surface area contributed by atoms with Gasteiger partial charge in [0.25, 0.3) is 0 Å². The number of hydrogen-bond donors (Lipinski definition) is 2. The van der Waals surface area contributed by atoms with Crippen molar-refractivity contribution in [3.8, 4) is 0 Å². The van der Waals surface area contributed by atoms with Gasteiger partial charge in [-0.3, -0.25) is 9.89 Å². The fourth-order valence-corrected chi connectivity index (χ4v) is 2.60. The summed E-state index contributed by atoms with van der Waals surface area (Å²) in [5, 5.41) is 3.18. The lowest BCUT2D eigenvalue weighted by atomic mass is 10.1. The van der Waals surface area contributed by atoms with E-state index in [1.165, 1.54) is 5.56 Å². The van der Waals surface area contributed by atoms with Crippen LogP contribution in [0.15, 0.2) is 35.3 Å². The van der Waals surface area contributed by atoms with Crippen LogP contribution < -0.4 is 11.1 Å². The number of benzene rings is 1. The topological polar surface area (TPSA) is 53.6 Å². The summed E-state index contributed by atoms with van der Waals surface area (Å²) in [6.45, 7) is 11.6. The van der Waals surface area contributed by atoms with Crippen molar-refractivity contribution >= 4 is 5.96 Å². The molecular weight excluding hydrogens is 272 g/mol. The summed E-state index contributed by atoms with van der Waals surface area (Å²) in [7, 11) is 0. The first-order valence-corrected chi connectivity index (χ1v) is 8.34. The molecule has 0 aliphatic rings. The van der Waals surface area contributed by atoms with Crippen LogP contribution in [0.3, 0.4) is 0 Å². The third-order valence-corrected chi connectivity index (χ3v) is 3.75. The van der Waals surface area contributed by atoms with Crippen molar-refractivity contribution in [2.75, 3.05) is 19.6 Å². The van der Waals surface area contributed by atoms with Gasteiger partial charge in [-0.2, -0.15) is 0 Å². The quantitative estimate of drug-likeness (QED) is 0.419. The maximum absolute atomic E-state index is 5.90. The zero-order valence-electron chi connectivity index (χ0n) is 14.5. The van der Waals surface area contributed by atoms with Gasteiger partial charge < -0.3 is 11.1 Å². The molecule has 0 aliphatic carbocycles. The third kappa shape index (κ3) is 7.46. The third-order valence-electron chi connectivity index (χ3n) is 3.75. The van der Waals surface area contributed by atoms with Gasteiger partial charge in [0, 0.05) is 31.7 Å². The summed E-state index contributed by atoms with van der Waals surface area (Å²) < 4.78 is 0. The van der Waals surface area contributed by atoms with Crippen molar-refractivity contribution in [3.63, 3.8) is 0 Å². The lowest BCUT2D eigenvalue weighted by Crippen LogP contribution is -2.38. The molecule has 0 bridgehead atoms. The number of hydrogen-bond acceptors (Lipinski definition) is 2. The van der Waals surface area contributed by atoms with Crippen molar-refractivity contribution in [3.05, 3.63) is 35.9 Å². The Bertz CT molecular complexity index is 418. The molecule has 0 amide bonds. The van der Waals surface area contributed by atoms with E-state index in [-0.39, 0.29) is 0 Å². The van der Waals surface area contributed by atoms with E-state index in [9.17, 15) is 0 Å². The average molecular weight is 304 g/mol. The zero-order valence-corrected chi connectivity index (χ0v) is 14.5. The van der Waals surface area contributed by atoms with E-state index in [4.69, 9.17) is 5.73 Å². The minimum absolute atomic E-state index is 0.552. The number of aliphatic imine (C=N–C) groups is 1. The second-order valence-electron chi connectivity index (χ2n) is 6.21. The van der Waals surface area contributed by atoms with Crippen molar-refractivity contribution in [1.82, 2.24) is 10.2 Å². The molecule has 0 unspecified atom stereocenters. The zero-order chi connectivity index (χ0) is 16.4. The molecular formula is C18H32N4. The maximum Gasteiger partial charge on any atom is 0.188 e. The van der Waals surface area contributed by atoms with Crippen molar-refractivity contribution in [2.45, 2.75) is 52.6 Å². The van der Waals surface area contributed by atoms with Gasteiger partial charge in [-0.1, -0.05) is 30.3 Å². The molecule has 1 aromatic carbocycles. The van der Waals surface area contributed by atoms with E-state index in [2.05, 4.69) is 67.2 Å². The van der Waals surface area contributed by atoms with Crippen molar-refractivity contribution in [1.29, 1.82) is 0 Å². The van der Waals surface area contributed by atoms with E-state index >= 15 is 0 Å². The summed E-state index contributed by atoms with van der Waals surface area (Å²) in [4.78, 5) is 6.88. The van der Waals surface area contributed by atoms with Gasteiger partial charge in [-0.05, 0) is 46.1 Å². The molecule has 0 radical (unpaired) electrons. The molecule has 0 aliphatic heterocycles. The molecule has 124 valence electrons. The van der Waals surface area contributed by atoms with Crippen LogP contribution in [-0.4, -0.2) is 42.6 Å². The molecule has 4 nitrogen and oxygen atoms in total. The molecule has 1 aromatic rings. The van der Waals surface area contributed by atoms with Gasteiger partial charge in [0.2, 0.25) is 0 Å². The largest absolute Gasteiger partial charge is 0.370 e. The van der Waals surface area contributed by atoms with Crippen LogP contribution in [0, 0.1) is 0 Å². The van der Waals surface area contributed by atoms with E-state index in [0.29, 0.717) is 18.0 Å². The van der Waals surface area contributed by atoms with Gasteiger partial charge in [0.1, 0.15) is 0 Å². The first kappa shape index (κ1) is 18.5. The predicted molar refractivity (Wildman–Crippen MR) is 96.2 cm³/mol. The normalized spacial score (nSPS) is 12.4. The Labute approximate surface area is 135 Å². The summed E-state index contributed by atoms with van der Waals surface area (Å²) in [5.74, 6) is 0.552. The highest BCUT2D eigenvalue weighted by molar-refractivity contribution is 5.77. The maximum atomic E-state index is 5.90. The minimum atomic E-state index is 0.552. The summed E-state index contributed by atoms with van der Waals surface area (Å²) in [5.41, 5.74) is 7.21. The molecule has 1 rings (SSSR count). The molecule has 0 spiro atoms. The molecule has 22 heavy (non-hydrogen) atoms. The fourth-order valence-electron chi connectivity index (χ4n) is 2.60. The fraction of sp³-hybridized carbons (Fsp3) is 0.611. The summed E-state index contributed by atoms with van der Waals surface area (Å²) in [6, 6.07) is 11.5. The SMILES string of the molecule is CC(C)N(CCCN=C(N)NCCc1ccccc1)C(C)C. The second-order valence-corrected chi connectivity index (χ2v) is 6.21. The summed E-state index contributed by atoms with van der Waals surface area (Å²) >= 11 is 0. The van der Waals surface area contributed by atoms with Gasteiger partial charge >= 0.3 is 0 Å². The van der Waals surface area contributed by atoms with Crippen molar-refractivity contribution in [2.24, 2.45) is 10.7 Å².